The van der Waals surface area contributed by atoms with E-state index in [0.717, 1.165) is 25.5 Å². The first kappa shape index (κ1) is 12.6. The van der Waals surface area contributed by atoms with Crippen molar-refractivity contribution < 1.29 is 13.5 Å². The lowest BCUT2D eigenvalue weighted by atomic mass is 10.0. The summed E-state index contributed by atoms with van der Waals surface area (Å²) in [4.78, 5) is 0. The van der Waals surface area contributed by atoms with Crippen molar-refractivity contribution in [3.63, 3.8) is 0 Å². The van der Waals surface area contributed by atoms with Gasteiger partial charge in [-0.3, -0.25) is 0 Å². The van der Waals surface area contributed by atoms with Crippen molar-refractivity contribution in [2.75, 3.05) is 13.7 Å². The second kappa shape index (κ2) is 5.19. The summed E-state index contributed by atoms with van der Waals surface area (Å²) in [5.74, 6) is -1.55. The predicted octanol–water partition coefficient (Wildman–Crippen LogP) is 2.92. The number of benzene rings is 1. The molecule has 1 atom stereocenters. The molecule has 2 rings (SSSR count). The largest absolute Gasteiger partial charge is 0.495 e. The Hall–Kier alpha value is -0.870. The van der Waals surface area contributed by atoms with Gasteiger partial charge in [0.15, 0.2) is 11.6 Å². The van der Waals surface area contributed by atoms with E-state index in [4.69, 9.17) is 16.3 Å². The SMILES string of the molecule is COc1c(Cl)cc(F)c(F)c1CC1CCCN1. The third-order valence-electron chi connectivity index (χ3n) is 3.04. The molecule has 0 saturated carbocycles. The molecule has 2 nitrogen and oxygen atoms in total. The molecule has 0 aliphatic carbocycles. The lowest BCUT2D eigenvalue weighted by Crippen LogP contribution is -2.24. The highest BCUT2D eigenvalue weighted by atomic mass is 35.5. The lowest BCUT2D eigenvalue weighted by Gasteiger charge is -2.15. The molecule has 0 aromatic heterocycles. The Bertz CT molecular complexity index is 419. The number of rotatable bonds is 3. The molecule has 1 N–H and O–H groups in total. The zero-order chi connectivity index (χ0) is 12.4. The highest BCUT2D eigenvalue weighted by Gasteiger charge is 2.23. The van der Waals surface area contributed by atoms with Crippen molar-refractivity contribution in [2.45, 2.75) is 25.3 Å². The Balaban J connectivity index is 2.35. The third-order valence-corrected chi connectivity index (χ3v) is 3.32. The molecule has 1 heterocycles. The van der Waals surface area contributed by atoms with Gasteiger partial charge in [-0.15, -0.1) is 0 Å². The van der Waals surface area contributed by atoms with Gasteiger partial charge in [0.05, 0.1) is 12.1 Å². The Morgan fingerprint density at radius 2 is 2.29 bits per heavy atom. The maximum absolute atomic E-state index is 13.7. The molecule has 1 unspecified atom stereocenters. The van der Waals surface area contributed by atoms with Gasteiger partial charge in [-0.25, -0.2) is 8.78 Å². The van der Waals surface area contributed by atoms with Crippen molar-refractivity contribution in [2.24, 2.45) is 0 Å². The first-order chi connectivity index (χ1) is 8.13. The van der Waals surface area contributed by atoms with Crippen LogP contribution in [0.4, 0.5) is 8.78 Å². The van der Waals surface area contributed by atoms with E-state index in [1.54, 1.807) is 0 Å². The molecular formula is C12H14ClF2NO. The summed E-state index contributed by atoms with van der Waals surface area (Å²) in [6.07, 6.45) is 2.40. The van der Waals surface area contributed by atoms with Crippen molar-refractivity contribution in [3.8, 4) is 5.75 Å². The molecule has 1 aliphatic rings. The lowest BCUT2D eigenvalue weighted by molar-refractivity contribution is 0.394. The van der Waals surface area contributed by atoms with Crippen molar-refractivity contribution >= 4 is 11.6 Å². The fourth-order valence-corrected chi connectivity index (χ4v) is 2.50. The van der Waals surface area contributed by atoms with Gasteiger partial charge in [-0.05, 0) is 31.9 Å². The molecule has 0 bridgehead atoms. The second-order valence-corrected chi connectivity index (χ2v) is 4.57. The fraction of sp³-hybridized carbons (Fsp3) is 0.500. The summed E-state index contributed by atoms with van der Waals surface area (Å²) >= 11 is 5.84. The van der Waals surface area contributed by atoms with Crippen LogP contribution in [0.15, 0.2) is 6.07 Å². The Morgan fingerprint density at radius 1 is 1.53 bits per heavy atom. The Morgan fingerprint density at radius 3 is 2.88 bits per heavy atom. The molecule has 1 aromatic rings. The maximum Gasteiger partial charge on any atom is 0.165 e. The van der Waals surface area contributed by atoms with Crippen LogP contribution in [0.5, 0.6) is 5.75 Å². The first-order valence-corrected chi connectivity index (χ1v) is 5.95. The van der Waals surface area contributed by atoms with Crippen LogP contribution in [0.1, 0.15) is 18.4 Å². The number of methoxy groups -OCH3 is 1. The number of hydrogen-bond donors (Lipinski definition) is 1. The molecule has 1 aromatic carbocycles. The van der Waals surface area contributed by atoms with Crippen LogP contribution >= 0.6 is 11.6 Å². The van der Waals surface area contributed by atoms with Crippen LogP contribution < -0.4 is 10.1 Å². The average molecular weight is 262 g/mol. The summed E-state index contributed by atoms with van der Waals surface area (Å²) in [5, 5.41) is 3.35. The molecule has 1 saturated heterocycles. The van der Waals surface area contributed by atoms with Gasteiger partial charge in [-0.2, -0.15) is 0 Å². The van der Waals surface area contributed by atoms with Crippen LogP contribution in [-0.4, -0.2) is 19.7 Å². The number of ether oxygens (including phenoxy) is 1. The number of hydrogen-bond acceptors (Lipinski definition) is 2. The molecule has 1 aliphatic heterocycles. The van der Waals surface area contributed by atoms with Gasteiger partial charge in [0.25, 0.3) is 0 Å². The van der Waals surface area contributed by atoms with Crippen LogP contribution in [0.3, 0.4) is 0 Å². The van der Waals surface area contributed by atoms with E-state index in [1.165, 1.54) is 7.11 Å². The van der Waals surface area contributed by atoms with Crippen LogP contribution in [-0.2, 0) is 6.42 Å². The molecule has 0 radical (unpaired) electrons. The molecule has 0 amide bonds. The second-order valence-electron chi connectivity index (χ2n) is 4.16. The van der Waals surface area contributed by atoms with Crippen molar-refractivity contribution in [1.29, 1.82) is 0 Å². The minimum Gasteiger partial charge on any atom is -0.495 e. The first-order valence-electron chi connectivity index (χ1n) is 5.57. The van der Waals surface area contributed by atoms with Crippen LogP contribution in [0.2, 0.25) is 5.02 Å². The average Bonchev–Trinajstić information content (AvgIpc) is 2.78. The Labute approximate surface area is 104 Å². The van der Waals surface area contributed by atoms with E-state index in [1.807, 2.05) is 0 Å². The normalized spacial score (nSPS) is 19.6. The van der Waals surface area contributed by atoms with E-state index in [0.29, 0.717) is 6.42 Å². The summed E-state index contributed by atoms with van der Waals surface area (Å²) in [6.45, 7) is 0.914. The molecule has 17 heavy (non-hydrogen) atoms. The zero-order valence-corrected chi connectivity index (χ0v) is 10.3. The molecule has 1 fully saturated rings. The smallest absolute Gasteiger partial charge is 0.165 e. The quantitative estimate of drug-likeness (QED) is 0.845. The maximum atomic E-state index is 13.7. The summed E-state index contributed by atoms with van der Waals surface area (Å²) in [7, 11) is 1.41. The van der Waals surface area contributed by atoms with E-state index in [9.17, 15) is 8.78 Å². The van der Waals surface area contributed by atoms with E-state index < -0.39 is 11.6 Å². The summed E-state index contributed by atoms with van der Waals surface area (Å²) in [6, 6.07) is 1.11. The van der Waals surface area contributed by atoms with Crippen LogP contribution in [0.25, 0.3) is 0 Å². The monoisotopic (exact) mass is 261 g/mol. The predicted molar refractivity (Wildman–Crippen MR) is 62.6 cm³/mol. The standard InChI is InChI=1S/C12H14ClF2NO/c1-17-12-8(5-7-3-2-4-16-7)11(15)10(14)6-9(12)13/h6-7,16H,2-5H2,1H3. The minimum absolute atomic E-state index is 0.111. The van der Waals surface area contributed by atoms with Gasteiger partial charge >= 0.3 is 0 Å². The highest BCUT2D eigenvalue weighted by molar-refractivity contribution is 6.32. The summed E-state index contributed by atoms with van der Waals surface area (Å²) < 4.78 is 32.1. The van der Waals surface area contributed by atoms with Gasteiger partial charge in [0, 0.05) is 11.6 Å². The van der Waals surface area contributed by atoms with E-state index in [-0.39, 0.29) is 22.4 Å². The van der Waals surface area contributed by atoms with E-state index in [2.05, 4.69) is 5.32 Å². The Kier molecular flexibility index (Phi) is 3.84. The summed E-state index contributed by atoms with van der Waals surface area (Å²) in [5.41, 5.74) is 0.219. The molecule has 94 valence electrons. The highest BCUT2D eigenvalue weighted by Crippen LogP contribution is 2.33. The minimum atomic E-state index is -0.927. The molecule has 0 spiro atoms. The van der Waals surface area contributed by atoms with Crippen molar-refractivity contribution in [1.82, 2.24) is 5.32 Å². The van der Waals surface area contributed by atoms with Gasteiger partial charge < -0.3 is 10.1 Å². The molecular weight excluding hydrogens is 248 g/mol. The van der Waals surface area contributed by atoms with E-state index >= 15 is 0 Å². The zero-order valence-electron chi connectivity index (χ0n) is 9.53. The van der Waals surface area contributed by atoms with Crippen LogP contribution in [0, 0.1) is 11.6 Å². The van der Waals surface area contributed by atoms with Gasteiger partial charge in [-0.1, -0.05) is 11.6 Å². The number of halogens is 3. The topological polar surface area (TPSA) is 21.3 Å². The fourth-order valence-electron chi connectivity index (χ4n) is 2.21. The third kappa shape index (κ3) is 2.53. The molecule has 5 heteroatoms. The number of nitrogens with one attached hydrogen (secondary N) is 1. The van der Waals surface area contributed by atoms with Gasteiger partial charge in [0.2, 0.25) is 0 Å². The van der Waals surface area contributed by atoms with Crippen molar-refractivity contribution in [3.05, 3.63) is 28.3 Å². The van der Waals surface area contributed by atoms with Gasteiger partial charge in [0.1, 0.15) is 5.75 Å².